The topological polar surface area (TPSA) is 76.7 Å². The maximum absolute atomic E-state index is 15.7. The Morgan fingerprint density at radius 2 is 1.56 bits per heavy atom. The van der Waals surface area contributed by atoms with Crippen molar-refractivity contribution in [1.29, 1.82) is 0 Å². The molecule has 0 radical (unpaired) electrons. The zero-order valence-corrected chi connectivity index (χ0v) is 18.1. The molecule has 1 N–H and O–H groups in total. The van der Waals surface area contributed by atoms with E-state index >= 15 is 8.78 Å². The highest BCUT2D eigenvalue weighted by atomic mass is 19.4. The van der Waals surface area contributed by atoms with Crippen LogP contribution in [0.25, 0.3) is 0 Å². The van der Waals surface area contributed by atoms with E-state index in [1.807, 2.05) is 0 Å². The zero-order valence-electron chi connectivity index (χ0n) is 18.1. The third-order valence-electron chi connectivity index (χ3n) is 5.51. The van der Waals surface area contributed by atoms with E-state index in [2.05, 4.69) is 20.5 Å². The van der Waals surface area contributed by atoms with Crippen molar-refractivity contribution < 1.29 is 35.8 Å². The first-order valence-electron chi connectivity index (χ1n) is 10.3. The van der Waals surface area contributed by atoms with Crippen molar-refractivity contribution in [3.8, 4) is 0 Å². The van der Waals surface area contributed by atoms with Gasteiger partial charge in [0.1, 0.15) is 23.7 Å². The van der Waals surface area contributed by atoms with Gasteiger partial charge in [0.05, 0.1) is 12.1 Å². The van der Waals surface area contributed by atoms with Crippen LogP contribution in [0, 0.1) is 11.6 Å². The molecule has 13 heteroatoms. The van der Waals surface area contributed by atoms with Gasteiger partial charge in [-0.05, 0) is 58.3 Å². The maximum Gasteiger partial charge on any atom is 0.416 e. The summed E-state index contributed by atoms with van der Waals surface area (Å²) in [7, 11) is 0. The number of aromatic nitrogens is 5. The molecule has 2 aromatic heterocycles. The van der Waals surface area contributed by atoms with Gasteiger partial charge in [-0.25, -0.2) is 13.5 Å². The minimum absolute atomic E-state index is 0.0957. The number of tetrazole rings is 1. The second kappa shape index (κ2) is 9.30. The van der Waals surface area contributed by atoms with Gasteiger partial charge in [0.15, 0.2) is 5.60 Å². The number of benzene rings is 2. The molecule has 1 unspecified atom stereocenters. The van der Waals surface area contributed by atoms with Crippen LogP contribution in [0.2, 0.25) is 0 Å². The van der Waals surface area contributed by atoms with Crippen LogP contribution in [0.1, 0.15) is 27.9 Å². The Hall–Kier alpha value is -3.87. The maximum atomic E-state index is 15.7. The summed E-state index contributed by atoms with van der Waals surface area (Å²) in [5.41, 5.74) is -5.06. The predicted octanol–water partition coefficient (Wildman–Crippen LogP) is 4.64. The third-order valence-corrected chi connectivity index (χ3v) is 5.51. The molecule has 0 aliphatic rings. The molecule has 4 rings (SSSR count). The quantitative estimate of drug-likeness (QED) is 0.366. The summed E-state index contributed by atoms with van der Waals surface area (Å²) in [6, 6.07) is 8.26. The van der Waals surface area contributed by atoms with Crippen LogP contribution in [-0.4, -0.2) is 30.3 Å². The molecule has 36 heavy (non-hydrogen) atoms. The average Bonchev–Trinajstić information content (AvgIpc) is 3.32. The molecule has 0 aliphatic carbocycles. The molecule has 1 atom stereocenters. The minimum Gasteiger partial charge on any atom is -0.377 e. The summed E-state index contributed by atoms with van der Waals surface area (Å²) in [5, 5.41) is 21.2. The third kappa shape index (κ3) is 4.91. The molecule has 6 nitrogen and oxygen atoms in total. The lowest BCUT2D eigenvalue weighted by Gasteiger charge is -2.35. The van der Waals surface area contributed by atoms with Crippen molar-refractivity contribution in [2.75, 3.05) is 0 Å². The summed E-state index contributed by atoms with van der Waals surface area (Å²) in [6.45, 7) is -0.995. The summed E-state index contributed by atoms with van der Waals surface area (Å²) in [6.07, 6.45) is -2.39. The van der Waals surface area contributed by atoms with Gasteiger partial charge in [-0.3, -0.25) is 4.98 Å². The molecule has 0 bridgehead atoms. The van der Waals surface area contributed by atoms with Crippen molar-refractivity contribution in [1.82, 2.24) is 25.2 Å². The highest BCUT2D eigenvalue weighted by Gasteiger charge is 2.58. The Morgan fingerprint density at radius 3 is 2.11 bits per heavy atom. The number of alkyl halides is 5. The highest BCUT2D eigenvalue weighted by Crippen LogP contribution is 2.46. The van der Waals surface area contributed by atoms with Gasteiger partial charge in [-0.1, -0.05) is 18.2 Å². The van der Waals surface area contributed by atoms with E-state index in [1.54, 1.807) is 0 Å². The fourth-order valence-corrected chi connectivity index (χ4v) is 3.64. The minimum atomic E-state index is -4.49. The van der Waals surface area contributed by atoms with Gasteiger partial charge >= 0.3 is 12.1 Å². The van der Waals surface area contributed by atoms with Crippen molar-refractivity contribution in [2.45, 2.75) is 30.7 Å². The lowest BCUT2D eigenvalue weighted by atomic mass is 9.84. The van der Waals surface area contributed by atoms with E-state index in [0.29, 0.717) is 23.3 Å². The molecule has 0 saturated carbocycles. The largest absolute Gasteiger partial charge is 0.416 e. The molecular weight excluding hydrogens is 495 g/mol. The molecule has 0 fully saturated rings. The Labute approximate surface area is 199 Å². The Morgan fingerprint density at radius 1 is 0.861 bits per heavy atom. The van der Waals surface area contributed by atoms with Crippen LogP contribution < -0.4 is 0 Å². The fraction of sp³-hybridized carbons (Fsp3) is 0.217. The van der Waals surface area contributed by atoms with E-state index < -0.39 is 52.7 Å². The molecule has 4 aromatic rings. The van der Waals surface area contributed by atoms with Crippen LogP contribution in [-0.2, 0) is 30.7 Å². The van der Waals surface area contributed by atoms with E-state index in [9.17, 15) is 27.1 Å². The van der Waals surface area contributed by atoms with Gasteiger partial charge in [0.25, 0.3) is 0 Å². The Balaban J connectivity index is 1.65. The first-order chi connectivity index (χ1) is 16.9. The van der Waals surface area contributed by atoms with Gasteiger partial charge in [0.2, 0.25) is 0 Å². The van der Waals surface area contributed by atoms with E-state index in [1.165, 1.54) is 18.2 Å². The first-order valence-corrected chi connectivity index (χ1v) is 10.3. The number of aliphatic hydroxyl groups is 1. The lowest BCUT2D eigenvalue weighted by Crippen LogP contribution is -2.48. The normalized spacial score (nSPS) is 14.0. The van der Waals surface area contributed by atoms with Gasteiger partial charge in [0, 0.05) is 17.8 Å². The average molecular weight is 511 g/mol. The molecular formula is C23H16F7N5O. The van der Waals surface area contributed by atoms with Crippen LogP contribution in [0.5, 0.6) is 0 Å². The number of hydrogen-bond acceptors (Lipinski definition) is 5. The summed E-state index contributed by atoms with van der Waals surface area (Å²) >= 11 is 0. The number of halogens is 7. The number of rotatable bonds is 7. The molecule has 0 spiro atoms. The van der Waals surface area contributed by atoms with Crippen molar-refractivity contribution >= 4 is 0 Å². The van der Waals surface area contributed by atoms with Crippen molar-refractivity contribution in [3.05, 3.63) is 107 Å². The standard InChI is InChI=1S/C23H16F7N5O/c24-17-6-7-18(19(25)10-17)21(36,12-35-13-32-33-34-35)22(26,27)20-8-3-15(11-31-20)9-14-1-4-16(5-2-14)23(28,29)30/h1-8,10-11,13,36H,9,12H2. The molecule has 0 amide bonds. The van der Waals surface area contributed by atoms with E-state index in [4.69, 9.17) is 0 Å². The van der Waals surface area contributed by atoms with Crippen molar-refractivity contribution in [2.24, 2.45) is 0 Å². The smallest absolute Gasteiger partial charge is 0.377 e. The van der Waals surface area contributed by atoms with Crippen LogP contribution in [0.15, 0.2) is 67.1 Å². The number of nitrogens with zero attached hydrogens (tertiary/aromatic N) is 5. The lowest BCUT2D eigenvalue weighted by molar-refractivity contribution is -0.207. The van der Waals surface area contributed by atoms with Crippen LogP contribution in [0.3, 0.4) is 0 Å². The molecule has 188 valence electrons. The summed E-state index contributed by atoms with van der Waals surface area (Å²) in [4.78, 5) is 3.72. The van der Waals surface area contributed by atoms with Gasteiger partial charge < -0.3 is 5.11 Å². The molecule has 0 aliphatic heterocycles. The Kier molecular flexibility index (Phi) is 6.52. The SMILES string of the molecule is OC(Cn1cnnn1)(c1ccc(F)cc1F)C(F)(F)c1ccc(Cc2ccc(C(F)(F)F)cc2)cn1. The number of hydrogen-bond donors (Lipinski definition) is 1. The van der Waals surface area contributed by atoms with Gasteiger partial charge in [-0.2, -0.15) is 22.0 Å². The van der Waals surface area contributed by atoms with Gasteiger partial charge in [-0.15, -0.1) is 5.10 Å². The fourth-order valence-electron chi connectivity index (χ4n) is 3.64. The summed E-state index contributed by atoms with van der Waals surface area (Å²) in [5.74, 6) is -6.66. The second-order valence-electron chi connectivity index (χ2n) is 7.99. The number of pyridine rings is 1. The van der Waals surface area contributed by atoms with Crippen LogP contribution in [0.4, 0.5) is 30.7 Å². The first kappa shape index (κ1) is 25.2. The van der Waals surface area contributed by atoms with Crippen LogP contribution >= 0.6 is 0 Å². The zero-order chi connectivity index (χ0) is 26.1. The van der Waals surface area contributed by atoms with E-state index in [0.717, 1.165) is 41.5 Å². The molecule has 0 saturated heterocycles. The summed E-state index contributed by atoms with van der Waals surface area (Å²) < 4.78 is 98.3. The molecule has 2 heterocycles. The van der Waals surface area contributed by atoms with Crippen molar-refractivity contribution in [3.63, 3.8) is 0 Å². The van der Waals surface area contributed by atoms with E-state index in [-0.39, 0.29) is 6.42 Å². The second-order valence-corrected chi connectivity index (χ2v) is 7.99. The predicted molar refractivity (Wildman–Crippen MR) is 110 cm³/mol. The Bertz CT molecular complexity index is 1330. The highest BCUT2D eigenvalue weighted by molar-refractivity contribution is 5.33. The molecule has 2 aromatic carbocycles. The monoisotopic (exact) mass is 511 g/mol.